The molecule has 0 aliphatic rings. The first kappa shape index (κ1) is 16.2. The van der Waals surface area contributed by atoms with Crippen molar-refractivity contribution in [1.82, 2.24) is 0 Å². The molecule has 2 N–H and O–H groups in total. The predicted octanol–water partition coefficient (Wildman–Crippen LogP) is 2.72. The molecule has 23 heavy (non-hydrogen) atoms. The van der Waals surface area contributed by atoms with E-state index in [0.29, 0.717) is 11.1 Å². The Bertz CT molecular complexity index is 799. The van der Waals surface area contributed by atoms with Gasteiger partial charge in [0.2, 0.25) is 0 Å². The summed E-state index contributed by atoms with van der Waals surface area (Å²) in [4.78, 5) is 14.8. The maximum absolute atomic E-state index is 12.0. The van der Waals surface area contributed by atoms with Gasteiger partial charge in [0.25, 0.3) is 11.4 Å². The van der Waals surface area contributed by atoms with Gasteiger partial charge in [0, 0.05) is 12.1 Å². The molecular weight excluding hydrogens is 298 g/mol. The molecule has 0 heterocycles. The molecular formula is C16H15N3O4. The number of non-ortho nitro benzene ring substituents is 1. The Hall–Kier alpha value is -3.19. The third-order valence-electron chi connectivity index (χ3n) is 3.26. The van der Waals surface area contributed by atoms with Crippen molar-refractivity contribution in [2.45, 2.75) is 6.92 Å². The molecule has 118 valence electrons. The molecule has 7 nitrogen and oxygen atoms in total. The minimum atomic E-state index is -0.516. The van der Waals surface area contributed by atoms with Crippen LogP contribution in [0.15, 0.2) is 55.1 Å². The van der Waals surface area contributed by atoms with Gasteiger partial charge < -0.3 is 4.94 Å². The molecule has 0 atom stereocenters. The first-order chi connectivity index (χ1) is 10.9. The Labute approximate surface area is 132 Å². The molecule has 0 aliphatic carbocycles. The lowest BCUT2D eigenvalue weighted by Crippen LogP contribution is -2.22. The number of nitro groups is 1. The molecule has 7 heteroatoms. The highest BCUT2D eigenvalue weighted by molar-refractivity contribution is 6.28. The Morgan fingerprint density at radius 2 is 1.78 bits per heavy atom. The fourth-order valence-corrected chi connectivity index (χ4v) is 2.18. The number of nitro benzene ring substituents is 1. The molecule has 0 bridgehead atoms. The van der Waals surface area contributed by atoms with Gasteiger partial charge >= 0.3 is 0 Å². The Balaban J connectivity index is 2.55. The maximum atomic E-state index is 12.0. The van der Waals surface area contributed by atoms with Crippen LogP contribution in [0.3, 0.4) is 0 Å². The Morgan fingerprint density at radius 3 is 2.39 bits per heavy atom. The van der Waals surface area contributed by atoms with Gasteiger partial charge in [-0.25, -0.2) is 5.90 Å². The highest BCUT2D eigenvalue weighted by atomic mass is 16.9. The van der Waals surface area contributed by atoms with Gasteiger partial charge in [-0.05, 0) is 24.6 Å². The zero-order valence-corrected chi connectivity index (χ0v) is 12.4. The number of nitrogens with zero attached hydrogens (tertiary/aromatic N) is 2. The summed E-state index contributed by atoms with van der Waals surface area (Å²) in [6.45, 7) is 5.73. The highest BCUT2D eigenvalue weighted by Gasteiger charge is 2.22. The molecule has 0 saturated heterocycles. The maximum Gasteiger partial charge on any atom is 0.283 e. The number of hydrogen-bond donors (Lipinski definition) is 1. The average molecular weight is 313 g/mol. The van der Waals surface area contributed by atoms with Crippen LogP contribution < -0.4 is 5.90 Å². The average Bonchev–Trinajstić information content (AvgIpc) is 2.55. The summed E-state index contributed by atoms with van der Waals surface area (Å²) >= 11 is 0. The monoisotopic (exact) mass is 313 g/mol. The van der Waals surface area contributed by atoms with Gasteiger partial charge in [0.15, 0.2) is 0 Å². The summed E-state index contributed by atoms with van der Waals surface area (Å²) in [5.41, 5.74) is 2.14. The quantitative estimate of drug-likeness (QED) is 0.395. The zero-order chi connectivity index (χ0) is 17.0. The highest BCUT2D eigenvalue weighted by Crippen LogP contribution is 2.23. The standard InChI is InChI=1S/C16H15N3O4/c1-11-5-3-7-14(9-11)16(19(22)23-17)12(2)13-6-4-8-15(10-13)18(20)21/h3-10H,2,17H2,1H3/b19-16+. The van der Waals surface area contributed by atoms with Crippen LogP contribution in [-0.2, 0) is 4.94 Å². The minimum absolute atomic E-state index is 0.0803. The molecule has 0 aromatic heterocycles. The second-order valence-corrected chi connectivity index (χ2v) is 4.87. The van der Waals surface area contributed by atoms with E-state index in [2.05, 4.69) is 11.5 Å². The smallest absolute Gasteiger partial charge is 0.283 e. The van der Waals surface area contributed by atoms with Crippen molar-refractivity contribution in [2.75, 3.05) is 0 Å². The van der Waals surface area contributed by atoms with Crippen LogP contribution in [0, 0.1) is 22.2 Å². The van der Waals surface area contributed by atoms with Crippen LogP contribution in [0.25, 0.3) is 5.57 Å². The number of aryl methyl sites for hydroxylation is 1. The van der Waals surface area contributed by atoms with Crippen LogP contribution >= 0.6 is 0 Å². The second-order valence-electron chi connectivity index (χ2n) is 4.87. The van der Waals surface area contributed by atoms with Crippen LogP contribution in [0.5, 0.6) is 0 Å². The number of allylic oxidation sites excluding steroid dienone is 1. The van der Waals surface area contributed by atoms with Gasteiger partial charge in [-0.2, -0.15) is 0 Å². The fourth-order valence-electron chi connectivity index (χ4n) is 2.18. The lowest BCUT2D eigenvalue weighted by molar-refractivity contribution is -0.745. The summed E-state index contributed by atoms with van der Waals surface area (Å²) in [5.74, 6) is 4.99. The van der Waals surface area contributed by atoms with Crippen LogP contribution in [0.4, 0.5) is 5.69 Å². The summed E-state index contributed by atoms with van der Waals surface area (Å²) < 4.78 is 0. The molecule has 0 unspecified atom stereocenters. The van der Waals surface area contributed by atoms with Gasteiger partial charge in [-0.15, -0.1) is 0 Å². The Morgan fingerprint density at radius 1 is 1.13 bits per heavy atom. The molecule has 2 aromatic rings. The van der Waals surface area contributed by atoms with Crippen molar-refractivity contribution in [3.8, 4) is 0 Å². The molecule has 0 fully saturated rings. The van der Waals surface area contributed by atoms with Gasteiger partial charge in [-0.1, -0.05) is 36.4 Å². The third kappa shape index (κ3) is 3.53. The van der Waals surface area contributed by atoms with Gasteiger partial charge in [-0.3, -0.25) is 15.3 Å². The SMILES string of the molecule is C=C(/C(c1cccc(C)c1)=[N+](/[O-])ON)c1cccc([N+](=O)[O-])c1. The zero-order valence-electron chi connectivity index (χ0n) is 12.4. The van der Waals surface area contributed by atoms with E-state index in [0.717, 1.165) is 5.56 Å². The van der Waals surface area contributed by atoms with Gasteiger partial charge in [0.05, 0.1) is 21.0 Å². The number of benzene rings is 2. The molecule has 0 radical (unpaired) electrons. The van der Waals surface area contributed by atoms with Crippen molar-refractivity contribution in [1.29, 1.82) is 0 Å². The first-order valence-electron chi connectivity index (χ1n) is 6.66. The topological polar surface area (TPSA) is 104 Å². The summed E-state index contributed by atoms with van der Waals surface area (Å²) in [6, 6.07) is 12.9. The molecule has 2 rings (SSSR count). The van der Waals surface area contributed by atoms with Crippen LogP contribution in [0.2, 0.25) is 0 Å². The molecule has 0 amide bonds. The van der Waals surface area contributed by atoms with E-state index in [1.807, 2.05) is 13.0 Å². The third-order valence-corrected chi connectivity index (χ3v) is 3.26. The van der Waals surface area contributed by atoms with Crippen LogP contribution in [-0.4, -0.2) is 15.5 Å². The Kier molecular flexibility index (Phi) is 4.72. The summed E-state index contributed by atoms with van der Waals surface area (Å²) in [6.07, 6.45) is 0. The number of nitrogens with two attached hydrogens (primary N) is 1. The normalized spacial score (nSPS) is 11.6. The van der Waals surface area contributed by atoms with Crippen molar-refractivity contribution in [3.63, 3.8) is 0 Å². The lowest BCUT2D eigenvalue weighted by Gasteiger charge is -2.09. The molecule has 0 saturated carbocycles. The van der Waals surface area contributed by atoms with Crippen molar-refractivity contribution in [2.24, 2.45) is 5.90 Å². The number of hydrogen-bond acceptors (Lipinski definition) is 5. The van der Waals surface area contributed by atoms with E-state index in [-0.39, 0.29) is 21.9 Å². The number of rotatable bonds is 5. The van der Waals surface area contributed by atoms with Crippen molar-refractivity contribution >= 4 is 17.0 Å². The van der Waals surface area contributed by atoms with E-state index in [1.54, 1.807) is 24.3 Å². The van der Waals surface area contributed by atoms with E-state index in [1.165, 1.54) is 18.2 Å². The second kappa shape index (κ2) is 6.71. The van der Waals surface area contributed by atoms with Crippen LogP contribution in [0.1, 0.15) is 16.7 Å². The van der Waals surface area contributed by atoms with E-state index in [9.17, 15) is 15.3 Å². The summed E-state index contributed by atoms with van der Waals surface area (Å²) in [5, 5.41) is 22.9. The largest absolute Gasteiger partial charge is 0.324 e. The molecule has 0 spiro atoms. The van der Waals surface area contributed by atoms with Crippen molar-refractivity contribution < 1.29 is 14.8 Å². The minimum Gasteiger partial charge on any atom is -0.324 e. The lowest BCUT2D eigenvalue weighted by atomic mass is 9.96. The molecule has 2 aromatic carbocycles. The summed E-state index contributed by atoms with van der Waals surface area (Å²) in [7, 11) is 0. The fraction of sp³-hybridized carbons (Fsp3) is 0.0625. The van der Waals surface area contributed by atoms with E-state index < -0.39 is 4.92 Å². The van der Waals surface area contributed by atoms with E-state index in [4.69, 9.17) is 5.90 Å². The first-order valence-corrected chi connectivity index (χ1v) is 6.66. The molecule has 0 aliphatic heterocycles. The van der Waals surface area contributed by atoms with Crippen molar-refractivity contribution in [3.05, 3.63) is 87.1 Å². The van der Waals surface area contributed by atoms with E-state index >= 15 is 0 Å². The predicted molar refractivity (Wildman–Crippen MR) is 86.3 cm³/mol. The van der Waals surface area contributed by atoms with Gasteiger partial charge in [0.1, 0.15) is 0 Å².